The minimum Gasteiger partial charge on any atom is -0.385 e. The number of aliphatic hydroxyl groups excluding tert-OH is 1. The fourth-order valence-corrected chi connectivity index (χ4v) is 7.21. The van der Waals surface area contributed by atoms with Crippen molar-refractivity contribution in [3.05, 3.63) is 70.9 Å². The van der Waals surface area contributed by atoms with Crippen molar-refractivity contribution >= 4 is 21.8 Å². The second-order valence-electron chi connectivity index (χ2n) is 12.3. The summed E-state index contributed by atoms with van der Waals surface area (Å²) in [6.45, 7) is 15.9. The van der Waals surface area contributed by atoms with Crippen molar-refractivity contribution in [1.29, 1.82) is 0 Å². The lowest BCUT2D eigenvalue weighted by Crippen LogP contribution is -2.56. The van der Waals surface area contributed by atoms with Crippen molar-refractivity contribution in [3.63, 3.8) is 0 Å². The third kappa shape index (κ3) is 1.88. The van der Waals surface area contributed by atoms with Gasteiger partial charge in [0.05, 0.1) is 11.0 Å². The first-order valence-corrected chi connectivity index (χ1v) is 12.1. The Kier molecular flexibility index (Phi) is 3.16. The van der Waals surface area contributed by atoms with E-state index in [2.05, 4.69) is 102 Å². The molecule has 0 radical (unpaired) electrons. The molecule has 1 N–H and O–H groups in total. The van der Waals surface area contributed by atoms with Gasteiger partial charge in [0.2, 0.25) is 16.7 Å². The highest BCUT2D eigenvalue weighted by Crippen LogP contribution is 2.66. The van der Waals surface area contributed by atoms with E-state index in [-0.39, 0.29) is 16.2 Å². The minimum absolute atomic E-state index is 0.0308. The quantitative estimate of drug-likeness (QED) is 0.363. The molecule has 1 aromatic heterocycles. The first-order chi connectivity index (χ1) is 15.4. The highest BCUT2D eigenvalue weighted by molar-refractivity contribution is 6.04. The zero-order chi connectivity index (χ0) is 23.3. The van der Waals surface area contributed by atoms with Gasteiger partial charge in [-0.3, -0.25) is 0 Å². The van der Waals surface area contributed by atoms with Gasteiger partial charge in [0.1, 0.15) is 17.3 Å². The van der Waals surface area contributed by atoms with Gasteiger partial charge in [-0.05, 0) is 48.3 Å². The molecule has 1 aliphatic heterocycles. The number of para-hydroxylation sites is 1. The van der Waals surface area contributed by atoms with E-state index in [1.807, 2.05) is 0 Å². The van der Waals surface area contributed by atoms with Gasteiger partial charge in [-0.1, -0.05) is 63.2 Å². The molecule has 166 valence electrons. The van der Waals surface area contributed by atoms with E-state index in [4.69, 9.17) is 4.98 Å². The molecule has 7 rings (SSSR count). The minimum atomic E-state index is -0.447. The summed E-state index contributed by atoms with van der Waals surface area (Å²) in [5, 5.41) is 14.2. The molecule has 3 aliphatic rings. The van der Waals surface area contributed by atoms with Crippen molar-refractivity contribution in [2.45, 2.75) is 76.4 Å². The smallest absolute Gasteiger partial charge is 0.237 e. The number of benzene rings is 3. The number of hydrogen-bond acceptors (Lipinski definition) is 2. The van der Waals surface area contributed by atoms with Crippen LogP contribution in [0.25, 0.3) is 33.1 Å². The molecule has 1 saturated carbocycles. The van der Waals surface area contributed by atoms with E-state index >= 15 is 0 Å². The maximum Gasteiger partial charge on any atom is 0.237 e. The van der Waals surface area contributed by atoms with E-state index in [0.29, 0.717) is 0 Å². The molecule has 0 spiro atoms. The van der Waals surface area contributed by atoms with Crippen LogP contribution in [0, 0.1) is 0 Å². The average molecular weight is 436 g/mol. The highest BCUT2D eigenvalue weighted by Gasteiger charge is 2.83. The summed E-state index contributed by atoms with van der Waals surface area (Å²) >= 11 is 0. The van der Waals surface area contributed by atoms with Gasteiger partial charge in [-0.15, -0.1) is 0 Å². The number of aliphatic hydroxyl groups is 1. The van der Waals surface area contributed by atoms with Gasteiger partial charge in [-0.25, -0.2) is 4.98 Å². The van der Waals surface area contributed by atoms with Gasteiger partial charge < -0.3 is 5.11 Å². The van der Waals surface area contributed by atoms with Crippen LogP contribution in [-0.2, 0) is 21.8 Å². The average Bonchev–Trinajstić information content (AvgIpc) is 3.23. The molecule has 0 saturated heterocycles. The molecule has 1 fully saturated rings. The van der Waals surface area contributed by atoms with E-state index in [9.17, 15) is 5.11 Å². The highest BCUT2D eigenvalue weighted by atomic mass is 16.3. The standard InChI is InChI=1S/C30H31N2O/c1-27(2,3)19-12-9-13-20-23(19)31-25-24-22-18(29(6)26(33)30(29,7)32(20)24)15-14-16-10-8-11-17(21(16)22)28(25,4)5/h8-15,26,33H,1-7H3/q+1. The lowest BCUT2D eigenvalue weighted by Gasteiger charge is -2.37. The normalized spacial score (nSPS) is 28.2. The summed E-state index contributed by atoms with van der Waals surface area (Å²) in [5.74, 6) is 0. The van der Waals surface area contributed by atoms with Crippen LogP contribution < -0.4 is 4.57 Å². The predicted molar refractivity (Wildman–Crippen MR) is 133 cm³/mol. The molecule has 0 bridgehead atoms. The van der Waals surface area contributed by atoms with Crippen molar-refractivity contribution in [1.82, 2.24) is 4.98 Å². The molecule has 2 heterocycles. The molecule has 3 nitrogen and oxygen atoms in total. The molecule has 3 atom stereocenters. The summed E-state index contributed by atoms with van der Waals surface area (Å²) in [4.78, 5) is 5.49. The van der Waals surface area contributed by atoms with Crippen LogP contribution in [0.15, 0.2) is 48.5 Å². The van der Waals surface area contributed by atoms with Crippen LogP contribution in [-0.4, -0.2) is 16.2 Å². The maximum atomic E-state index is 11.6. The van der Waals surface area contributed by atoms with E-state index in [1.165, 1.54) is 38.7 Å². The summed E-state index contributed by atoms with van der Waals surface area (Å²) in [6.07, 6.45) is -0.447. The zero-order valence-electron chi connectivity index (χ0n) is 20.5. The Morgan fingerprint density at radius 1 is 0.909 bits per heavy atom. The maximum absolute atomic E-state index is 11.6. The topological polar surface area (TPSA) is 37.0 Å². The monoisotopic (exact) mass is 435 g/mol. The van der Waals surface area contributed by atoms with Crippen LogP contribution in [0.4, 0.5) is 0 Å². The summed E-state index contributed by atoms with van der Waals surface area (Å²) in [5.41, 5.74) is 8.65. The molecule has 0 amide bonds. The predicted octanol–water partition coefficient (Wildman–Crippen LogP) is 5.64. The molecule has 3 heteroatoms. The molecule has 4 aromatic rings. The van der Waals surface area contributed by atoms with Crippen molar-refractivity contribution in [2.24, 2.45) is 0 Å². The van der Waals surface area contributed by atoms with Crippen LogP contribution in [0.1, 0.15) is 70.9 Å². The number of hydrogen-bond donors (Lipinski definition) is 1. The van der Waals surface area contributed by atoms with Crippen LogP contribution in [0.5, 0.6) is 0 Å². The van der Waals surface area contributed by atoms with Gasteiger partial charge in [0.25, 0.3) is 0 Å². The number of nitrogens with zero attached hydrogens (tertiary/aromatic N) is 2. The first-order valence-electron chi connectivity index (χ1n) is 12.1. The van der Waals surface area contributed by atoms with Crippen molar-refractivity contribution in [2.75, 3.05) is 0 Å². The Labute approximate surface area is 195 Å². The fraction of sp³-hybridized carbons (Fsp3) is 0.400. The molecule has 2 aliphatic carbocycles. The van der Waals surface area contributed by atoms with Crippen LogP contribution in [0.3, 0.4) is 0 Å². The largest absolute Gasteiger partial charge is 0.385 e. The second-order valence-corrected chi connectivity index (χ2v) is 12.3. The van der Waals surface area contributed by atoms with Gasteiger partial charge >= 0.3 is 0 Å². The van der Waals surface area contributed by atoms with E-state index in [1.54, 1.807) is 0 Å². The van der Waals surface area contributed by atoms with Crippen molar-refractivity contribution < 1.29 is 9.67 Å². The Bertz CT molecular complexity index is 1570. The zero-order valence-corrected chi connectivity index (χ0v) is 20.5. The summed E-state index contributed by atoms with van der Waals surface area (Å²) in [6, 6.07) is 17.8. The number of aromatic nitrogens is 2. The molecular formula is C30H31N2O+. The van der Waals surface area contributed by atoms with Gasteiger partial charge in [0, 0.05) is 23.8 Å². The third-order valence-electron chi connectivity index (χ3n) is 9.35. The summed E-state index contributed by atoms with van der Waals surface area (Å²) in [7, 11) is 0. The van der Waals surface area contributed by atoms with Crippen LogP contribution >= 0.6 is 0 Å². The second kappa shape index (κ2) is 5.31. The lowest BCUT2D eigenvalue weighted by atomic mass is 9.68. The van der Waals surface area contributed by atoms with Crippen molar-refractivity contribution in [3.8, 4) is 11.3 Å². The molecule has 3 unspecified atom stereocenters. The Balaban J connectivity index is 1.80. The molecule has 3 aromatic carbocycles. The van der Waals surface area contributed by atoms with E-state index in [0.717, 1.165) is 16.7 Å². The number of fused-ring (bicyclic) bond motifs is 5. The van der Waals surface area contributed by atoms with Gasteiger partial charge in [0.15, 0.2) is 0 Å². The lowest BCUT2D eigenvalue weighted by molar-refractivity contribution is -0.711. The Hall–Kier alpha value is -2.78. The van der Waals surface area contributed by atoms with Gasteiger partial charge in [-0.2, -0.15) is 4.57 Å². The third-order valence-corrected chi connectivity index (χ3v) is 9.35. The first kappa shape index (κ1) is 19.7. The SMILES string of the molecule is CC(C)(C)c1cccc2c1nc1c3[n+]2C2(C)C(O)C2(C)c2ccc4cccc(c4c2-3)C1(C)C. The molecule has 33 heavy (non-hydrogen) atoms. The Morgan fingerprint density at radius 2 is 1.64 bits per heavy atom. The number of rotatable bonds is 0. The Morgan fingerprint density at radius 3 is 2.36 bits per heavy atom. The fourth-order valence-electron chi connectivity index (χ4n) is 7.21. The van der Waals surface area contributed by atoms with E-state index < -0.39 is 11.6 Å². The molecular weight excluding hydrogens is 404 g/mol. The summed E-state index contributed by atoms with van der Waals surface area (Å²) < 4.78 is 2.48. The van der Waals surface area contributed by atoms with Crippen LogP contribution in [0.2, 0.25) is 0 Å².